The molecule has 0 spiro atoms. The van der Waals surface area contributed by atoms with Gasteiger partial charge in [-0.25, -0.2) is 4.79 Å². The van der Waals surface area contributed by atoms with Crippen LogP contribution in [0.1, 0.15) is 31.7 Å². The number of carbonyl (C=O) groups excluding carboxylic acids is 1. The Hall–Kier alpha value is -2.15. The number of piperidine rings is 1. The van der Waals surface area contributed by atoms with Crippen molar-refractivity contribution in [2.45, 2.75) is 39.2 Å². The van der Waals surface area contributed by atoms with E-state index in [0.29, 0.717) is 11.2 Å². The van der Waals surface area contributed by atoms with E-state index in [1.165, 1.54) is 30.6 Å². The van der Waals surface area contributed by atoms with Crippen LogP contribution in [-0.4, -0.2) is 28.8 Å². The van der Waals surface area contributed by atoms with Crippen molar-refractivity contribution >= 4 is 33.3 Å². The van der Waals surface area contributed by atoms with E-state index < -0.39 is 0 Å². The zero-order valence-corrected chi connectivity index (χ0v) is 14.2. The van der Waals surface area contributed by atoms with Crippen LogP contribution in [0.4, 0.5) is 20.7 Å². The standard InChI is InChI=1S/C16H21N5OS/c1-11-7-3-4-9-13(11)17-14(22)18-15-19-20-16(23-15)21-10-6-5-8-12(21)2/h3-4,7,9,12H,5-6,8,10H2,1-2H3,(H2,17,18,19,22). The Morgan fingerprint density at radius 2 is 2.09 bits per heavy atom. The summed E-state index contributed by atoms with van der Waals surface area (Å²) in [6, 6.07) is 7.84. The van der Waals surface area contributed by atoms with Crippen LogP contribution in [0.25, 0.3) is 0 Å². The monoisotopic (exact) mass is 331 g/mol. The summed E-state index contributed by atoms with van der Waals surface area (Å²) in [7, 11) is 0. The van der Waals surface area contributed by atoms with Gasteiger partial charge < -0.3 is 10.2 Å². The smallest absolute Gasteiger partial charge is 0.325 e. The number of aromatic nitrogens is 2. The number of anilines is 3. The largest absolute Gasteiger partial charge is 0.344 e. The second kappa shape index (κ2) is 6.95. The van der Waals surface area contributed by atoms with Gasteiger partial charge in [0.25, 0.3) is 0 Å². The number of hydrogen-bond acceptors (Lipinski definition) is 5. The van der Waals surface area contributed by atoms with Crippen molar-refractivity contribution in [1.29, 1.82) is 0 Å². The first-order chi connectivity index (χ1) is 11.1. The molecule has 2 heterocycles. The Kier molecular flexibility index (Phi) is 4.76. The second-order valence-electron chi connectivity index (χ2n) is 5.82. The number of benzene rings is 1. The average molecular weight is 331 g/mol. The van der Waals surface area contributed by atoms with Crippen molar-refractivity contribution in [1.82, 2.24) is 10.2 Å². The Labute approximate surface area is 139 Å². The first-order valence-corrected chi connectivity index (χ1v) is 8.69. The highest BCUT2D eigenvalue weighted by atomic mass is 32.1. The minimum atomic E-state index is -0.298. The normalized spacial score (nSPS) is 17.8. The third kappa shape index (κ3) is 3.79. The molecule has 3 rings (SSSR count). The van der Waals surface area contributed by atoms with E-state index in [2.05, 4.69) is 32.7 Å². The topological polar surface area (TPSA) is 70.1 Å². The highest BCUT2D eigenvalue weighted by Crippen LogP contribution is 2.29. The summed E-state index contributed by atoms with van der Waals surface area (Å²) in [5.41, 5.74) is 1.81. The summed E-state index contributed by atoms with van der Waals surface area (Å²) >= 11 is 1.42. The molecule has 2 N–H and O–H groups in total. The van der Waals surface area contributed by atoms with Crippen molar-refractivity contribution in [3.8, 4) is 0 Å². The van der Waals surface area contributed by atoms with Crippen molar-refractivity contribution < 1.29 is 4.79 Å². The van der Waals surface area contributed by atoms with E-state index in [4.69, 9.17) is 0 Å². The number of hydrogen-bond donors (Lipinski definition) is 2. The van der Waals surface area contributed by atoms with E-state index in [1.807, 2.05) is 31.2 Å². The van der Waals surface area contributed by atoms with E-state index in [-0.39, 0.29) is 6.03 Å². The summed E-state index contributed by atoms with van der Waals surface area (Å²) in [5.74, 6) is 0. The van der Waals surface area contributed by atoms with Crippen LogP contribution in [-0.2, 0) is 0 Å². The summed E-state index contributed by atoms with van der Waals surface area (Å²) in [4.78, 5) is 14.4. The molecule has 1 unspecified atom stereocenters. The number of nitrogens with zero attached hydrogens (tertiary/aromatic N) is 3. The van der Waals surface area contributed by atoms with Crippen LogP contribution >= 0.6 is 11.3 Å². The van der Waals surface area contributed by atoms with Crippen LogP contribution in [0.3, 0.4) is 0 Å². The number of carbonyl (C=O) groups is 1. The highest BCUT2D eigenvalue weighted by Gasteiger charge is 2.22. The molecule has 1 fully saturated rings. The predicted molar refractivity (Wildman–Crippen MR) is 94.4 cm³/mol. The van der Waals surface area contributed by atoms with Gasteiger partial charge in [-0.1, -0.05) is 29.5 Å². The molecule has 7 heteroatoms. The fraction of sp³-hybridized carbons (Fsp3) is 0.438. The lowest BCUT2D eigenvalue weighted by atomic mass is 10.1. The van der Waals surface area contributed by atoms with Gasteiger partial charge in [0.2, 0.25) is 10.3 Å². The fourth-order valence-corrected chi connectivity index (χ4v) is 3.60. The van der Waals surface area contributed by atoms with Crippen LogP contribution in [0.15, 0.2) is 24.3 Å². The zero-order chi connectivity index (χ0) is 16.2. The van der Waals surface area contributed by atoms with E-state index in [1.54, 1.807) is 0 Å². The molecule has 0 bridgehead atoms. The minimum Gasteiger partial charge on any atom is -0.344 e. The summed E-state index contributed by atoms with van der Waals surface area (Å²) in [5, 5.41) is 15.3. The molecule has 0 saturated carbocycles. The van der Waals surface area contributed by atoms with Crippen molar-refractivity contribution in [3.63, 3.8) is 0 Å². The van der Waals surface area contributed by atoms with Crippen LogP contribution in [0.5, 0.6) is 0 Å². The number of para-hydroxylation sites is 1. The van der Waals surface area contributed by atoms with Gasteiger partial charge in [-0.2, -0.15) is 0 Å². The lowest BCUT2D eigenvalue weighted by molar-refractivity contribution is 0.262. The van der Waals surface area contributed by atoms with Crippen LogP contribution in [0.2, 0.25) is 0 Å². The molecule has 2 aromatic rings. The minimum absolute atomic E-state index is 0.298. The van der Waals surface area contributed by atoms with Gasteiger partial charge in [-0.3, -0.25) is 5.32 Å². The molecule has 122 valence electrons. The molecule has 2 amide bonds. The molecule has 1 aliphatic rings. The Balaban J connectivity index is 1.62. The quantitative estimate of drug-likeness (QED) is 0.896. The lowest BCUT2D eigenvalue weighted by Crippen LogP contribution is -2.37. The molecule has 1 atom stereocenters. The maximum absolute atomic E-state index is 12.1. The van der Waals surface area contributed by atoms with E-state index in [9.17, 15) is 4.79 Å². The average Bonchev–Trinajstić information content (AvgIpc) is 2.98. The van der Waals surface area contributed by atoms with Crippen molar-refractivity contribution in [3.05, 3.63) is 29.8 Å². The number of amides is 2. The molecule has 1 aromatic heterocycles. The molecule has 0 radical (unpaired) electrons. The van der Waals surface area contributed by atoms with Gasteiger partial charge in [0.1, 0.15) is 0 Å². The number of nitrogens with one attached hydrogen (secondary N) is 2. The van der Waals surface area contributed by atoms with Gasteiger partial charge in [0, 0.05) is 18.3 Å². The van der Waals surface area contributed by atoms with Crippen molar-refractivity contribution in [2.24, 2.45) is 0 Å². The molecule has 23 heavy (non-hydrogen) atoms. The van der Waals surface area contributed by atoms with Crippen LogP contribution in [0, 0.1) is 6.92 Å². The zero-order valence-electron chi connectivity index (χ0n) is 13.4. The lowest BCUT2D eigenvalue weighted by Gasteiger charge is -2.32. The predicted octanol–water partition coefficient (Wildman–Crippen LogP) is 3.87. The SMILES string of the molecule is Cc1ccccc1NC(=O)Nc1nnc(N2CCCCC2C)s1. The van der Waals surface area contributed by atoms with Gasteiger partial charge >= 0.3 is 6.03 Å². The summed E-state index contributed by atoms with van der Waals surface area (Å²) in [6.07, 6.45) is 3.62. The Bertz CT molecular complexity index is 687. The molecule has 1 aliphatic heterocycles. The Morgan fingerprint density at radius 3 is 2.87 bits per heavy atom. The molecule has 0 aliphatic carbocycles. The Morgan fingerprint density at radius 1 is 1.26 bits per heavy atom. The second-order valence-corrected chi connectivity index (χ2v) is 6.78. The number of aryl methyl sites for hydroxylation is 1. The van der Waals surface area contributed by atoms with Gasteiger partial charge in [0.15, 0.2) is 0 Å². The molecule has 6 nitrogen and oxygen atoms in total. The summed E-state index contributed by atoms with van der Waals surface area (Å²) in [6.45, 7) is 5.17. The summed E-state index contributed by atoms with van der Waals surface area (Å²) < 4.78 is 0. The van der Waals surface area contributed by atoms with Crippen LogP contribution < -0.4 is 15.5 Å². The third-order valence-electron chi connectivity index (χ3n) is 4.08. The van der Waals surface area contributed by atoms with E-state index >= 15 is 0 Å². The maximum atomic E-state index is 12.1. The van der Waals surface area contributed by atoms with Gasteiger partial charge in [-0.05, 0) is 44.7 Å². The molecular formula is C16H21N5OS. The van der Waals surface area contributed by atoms with Crippen molar-refractivity contribution in [2.75, 3.05) is 22.1 Å². The highest BCUT2D eigenvalue weighted by molar-refractivity contribution is 7.19. The molecule has 1 aromatic carbocycles. The molecular weight excluding hydrogens is 310 g/mol. The third-order valence-corrected chi connectivity index (χ3v) is 4.95. The fourth-order valence-electron chi connectivity index (χ4n) is 2.73. The van der Waals surface area contributed by atoms with Gasteiger partial charge in [-0.15, -0.1) is 10.2 Å². The first-order valence-electron chi connectivity index (χ1n) is 7.87. The van der Waals surface area contributed by atoms with E-state index in [0.717, 1.165) is 22.9 Å². The maximum Gasteiger partial charge on any atom is 0.325 e. The number of urea groups is 1. The number of rotatable bonds is 3. The molecule has 1 saturated heterocycles. The first kappa shape index (κ1) is 15.7. The van der Waals surface area contributed by atoms with Gasteiger partial charge in [0.05, 0.1) is 0 Å².